The molecule has 0 saturated carbocycles. The fourth-order valence-electron chi connectivity index (χ4n) is 1.83. The van der Waals surface area contributed by atoms with E-state index in [-0.39, 0.29) is 6.04 Å². The molecule has 0 saturated heterocycles. The molecule has 0 bridgehead atoms. The van der Waals surface area contributed by atoms with Crippen molar-refractivity contribution >= 4 is 27.5 Å². The molecule has 5 heteroatoms. The summed E-state index contributed by atoms with van der Waals surface area (Å²) in [4.78, 5) is 0. The summed E-state index contributed by atoms with van der Waals surface area (Å²) in [6.45, 7) is 4.06. The molecule has 2 aromatic rings. The number of benzene rings is 1. The Kier molecular flexibility index (Phi) is 4.10. The maximum absolute atomic E-state index is 10.4. The third-order valence-corrected chi connectivity index (χ3v) is 3.94. The van der Waals surface area contributed by atoms with E-state index in [0.29, 0.717) is 5.02 Å². The van der Waals surface area contributed by atoms with Gasteiger partial charge in [0, 0.05) is 16.7 Å². The second kappa shape index (κ2) is 5.43. The minimum Gasteiger partial charge on any atom is -0.382 e. The molecule has 1 aromatic carbocycles. The van der Waals surface area contributed by atoms with Gasteiger partial charge in [-0.15, -0.1) is 0 Å². The van der Waals surface area contributed by atoms with Gasteiger partial charge in [-0.2, -0.15) is 5.10 Å². The molecule has 0 spiro atoms. The van der Waals surface area contributed by atoms with E-state index in [1.54, 1.807) is 12.3 Å². The lowest BCUT2D eigenvalue weighted by Crippen LogP contribution is -2.12. The predicted molar refractivity (Wildman–Crippen MR) is 75.8 cm³/mol. The van der Waals surface area contributed by atoms with Gasteiger partial charge >= 0.3 is 0 Å². The van der Waals surface area contributed by atoms with Crippen LogP contribution in [0.15, 0.2) is 34.9 Å². The van der Waals surface area contributed by atoms with Crippen molar-refractivity contribution in [3.8, 4) is 0 Å². The molecule has 0 amide bonds. The van der Waals surface area contributed by atoms with E-state index in [2.05, 4.69) is 21.0 Å². The lowest BCUT2D eigenvalue weighted by molar-refractivity contribution is 0.205. The maximum Gasteiger partial charge on any atom is 0.121 e. The second-order valence-corrected chi connectivity index (χ2v) is 5.63. The van der Waals surface area contributed by atoms with Gasteiger partial charge in [0.25, 0.3) is 0 Å². The number of aliphatic hydroxyl groups is 1. The number of aromatic nitrogens is 2. The van der Waals surface area contributed by atoms with Crippen molar-refractivity contribution in [2.24, 2.45) is 0 Å². The fraction of sp³-hybridized carbons (Fsp3) is 0.308. The first kappa shape index (κ1) is 13.6. The zero-order valence-electron chi connectivity index (χ0n) is 10.1. The van der Waals surface area contributed by atoms with Crippen LogP contribution in [0.4, 0.5) is 0 Å². The Balaban J connectivity index is 2.38. The summed E-state index contributed by atoms with van der Waals surface area (Å²) in [6.07, 6.45) is 0.993. The van der Waals surface area contributed by atoms with E-state index >= 15 is 0 Å². The summed E-state index contributed by atoms with van der Waals surface area (Å²) < 4.78 is 2.59. The molecule has 1 heterocycles. The van der Waals surface area contributed by atoms with Crippen molar-refractivity contribution < 1.29 is 5.11 Å². The van der Waals surface area contributed by atoms with Crippen molar-refractivity contribution in [3.05, 3.63) is 51.2 Å². The zero-order chi connectivity index (χ0) is 13.3. The normalized spacial score (nSPS) is 13.0. The number of hydrogen-bond donors (Lipinski definition) is 1. The minimum absolute atomic E-state index is 0.209. The number of hydrogen-bond acceptors (Lipinski definition) is 2. The van der Waals surface area contributed by atoms with Crippen LogP contribution in [-0.4, -0.2) is 14.9 Å². The molecular weight excluding hydrogens is 316 g/mol. The quantitative estimate of drug-likeness (QED) is 0.925. The monoisotopic (exact) mass is 328 g/mol. The topological polar surface area (TPSA) is 38.0 Å². The Hall–Kier alpha value is -0.840. The van der Waals surface area contributed by atoms with Crippen molar-refractivity contribution in [2.75, 3.05) is 0 Å². The molecule has 1 unspecified atom stereocenters. The highest BCUT2D eigenvalue weighted by molar-refractivity contribution is 9.10. The van der Waals surface area contributed by atoms with E-state index in [1.165, 1.54) is 0 Å². The van der Waals surface area contributed by atoms with Crippen molar-refractivity contribution in [1.82, 2.24) is 9.78 Å². The van der Waals surface area contributed by atoms with Crippen molar-refractivity contribution in [3.63, 3.8) is 0 Å². The molecule has 2 rings (SSSR count). The standard InChI is InChI=1S/C13H14BrClN2O/c1-8(2)17-12(5-6-16-17)13(18)9-3-4-11(15)10(14)7-9/h3-8,13,18H,1-2H3. The van der Waals surface area contributed by atoms with Gasteiger partial charge in [0.05, 0.1) is 10.7 Å². The smallest absolute Gasteiger partial charge is 0.121 e. The summed E-state index contributed by atoms with van der Waals surface area (Å²) in [7, 11) is 0. The predicted octanol–water partition coefficient (Wildman–Crippen LogP) is 3.96. The molecule has 0 aliphatic carbocycles. The van der Waals surface area contributed by atoms with E-state index in [0.717, 1.165) is 15.7 Å². The average molecular weight is 330 g/mol. The molecule has 0 aliphatic heterocycles. The molecule has 96 valence electrons. The number of aliphatic hydroxyl groups excluding tert-OH is 1. The summed E-state index contributed by atoms with van der Waals surface area (Å²) in [5.74, 6) is 0. The highest BCUT2D eigenvalue weighted by Crippen LogP contribution is 2.29. The average Bonchev–Trinajstić information content (AvgIpc) is 2.81. The summed E-state index contributed by atoms with van der Waals surface area (Å²) in [5.41, 5.74) is 1.56. The zero-order valence-corrected chi connectivity index (χ0v) is 12.5. The van der Waals surface area contributed by atoms with Crippen LogP contribution in [0.2, 0.25) is 5.02 Å². The van der Waals surface area contributed by atoms with Crippen LogP contribution in [0.5, 0.6) is 0 Å². The van der Waals surface area contributed by atoms with Crippen LogP contribution < -0.4 is 0 Å². The van der Waals surface area contributed by atoms with Gasteiger partial charge in [-0.3, -0.25) is 4.68 Å². The summed E-state index contributed by atoms with van der Waals surface area (Å²) >= 11 is 9.31. The van der Waals surface area contributed by atoms with E-state index < -0.39 is 6.10 Å². The van der Waals surface area contributed by atoms with Gasteiger partial charge in [-0.05, 0) is 53.5 Å². The first-order valence-corrected chi connectivity index (χ1v) is 6.84. The van der Waals surface area contributed by atoms with Gasteiger partial charge in [0.2, 0.25) is 0 Å². The minimum atomic E-state index is -0.705. The Morgan fingerprint density at radius 3 is 2.67 bits per heavy atom. The van der Waals surface area contributed by atoms with E-state index in [1.807, 2.05) is 36.7 Å². The van der Waals surface area contributed by atoms with E-state index in [9.17, 15) is 5.11 Å². The first-order chi connectivity index (χ1) is 8.50. The molecule has 3 nitrogen and oxygen atoms in total. The number of nitrogens with zero attached hydrogens (tertiary/aromatic N) is 2. The SMILES string of the molecule is CC(C)n1nccc1C(O)c1ccc(Cl)c(Br)c1. The maximum atomic E-state index is 10.4. The van der Waals surface area contributed by atoms with E-state index in [4.69, 9.17) is 11.6 Å². The molecule has 1 N–H and O–H groups in total. The van der Waals surface area contributed by atoms with Crippen LogP contribution in [0.25, 0.3) is 0 Å². The molecule has 0 radical (unpaired) electrons. The van der Waals surface area contributed by atoms with Crippen LogP contribution in [0.1, 0.15) is 37.3 Å². The number of rotatable bonds is 3. The van der Waals surface area contributed by atoms with Gasteiger partial charge in [-0.1, -0.05) is 17.7 Å². The van der Waals surface area contributed by atoms with Crippen LogP contribution >= 0.6 is 27.5 Å². The highest BCUT2D eigenvalue weighted by Gasteiger charge is 2.17. The van der Waals surface area contributed by atoms with Gasteiger partial charge in [-0.25, -0.2) is 0 Å². The highest BCUT2D eigenvalue weighted by atomic mass is 79.9. The number of halogens is 2. The first-order valence-electron chi connectivity index (χ1n) is 5.67. The Morgan fingerprint density at radius 1 is 1.33 bits per heavy atom. The fourth-order valence-corrected chi connectivity index (χ4v) is 2.34. The van der Waals surface area contributed by atoms with Crippen molar-refractivity contribution in [2.45, 2.75) is 26.0 Å². The molecule has 0 fully saturated rings. The Labute approximate surface area is 120 Å². The third kappa shape index (κ3) is 2.60. The summed E-state index contributed by atoms with van der Waals surface area (Å²) in [5, 5.41) is 15.3. The van der Waals surface area contributed by atoms with Crippen molar-refractivity contribution in [1.29, 1.82) is 0 Å². The summed E-state index contributed by atoms with van der Waals surface area (Å²) in [6, 6.07) is 7.44. The molecule has 1 atom stereocenters. The lowest BCUT2D eigenvalue weighted by Gasteiger charge is -2.16. The van der Waals surface area contributed by atoms with Gasteiger partial charge in [0.15, 0.2) is 0 Å². The Morgan fingerprint density at radius 2 is 2.06 bits per heavy atom. The van der Waals surface area contributed by atoms with Crippen LogP contribution in [0, 0.1) is 0 Å². The Bertz CT molecular complexity index is 554. The molecule has 0 aliphatic rings. The largest absolute Gasteiger partial charge is 0.382 e. The molecule has 1 aromatic heterocycles. The van der Waals surface area contributed by atoms with Gasteiger partial charge < -0.3 is 5.11 Å². The van der Waals surface area contributed by atoms with Gasteiger partial charge in [0.1, 0.15) is 6.10 Å². The molecular formula is C13H14BrClN2O. The molecule has 18 heavy (non-hydrogen) atoms. The third-order valence-electron chi connectivity index (χ3n) is 2.73. The van der Waals surface area contributed by atoms with Crippen LogP contribution in [0.3, 0.4) is 0 Å². The second-order valence-electron chi connectivity index (χ2n) is 4.37. The van der Waals surface area contributed by atoms with Crippen LogP contribution in [-0.2, 0) is 0 Å². The lowest BCUT2D eigenvalue weighted by atomic mass is 10.1.